The van der Waals surface area contributed by atoms with Crippen molar-refractivity contribution in [2.75, 3.05) is 29.2 Å². The maximum atomic E-state index is 12.5. The van der Waals surface area contributed by atoms with Crippen molar-refractivity contribution in [3.05, 3.63) is 41.1 Å². The molecule has 0 saturated heterocycles. The topological polar surface area (TPSA) is 87.4 Å². The molecule has 178 valence electrons. The number of nitrogens with one attached hydrogen (secondary N) is 1. The van der Waals surface area contributed by atoms with Crippen LogP contribution in [0.2, 0.25) is 0 Å². The second-order valence-corrected chi connectivity index (χ2v) is 9.97. The van der Waals surface area contributed by atoms with Gasteiger partial charge < -0.3 is 16.0 Å². The Kier molecular flexibility index (Phi) is 7.05. The number of urea groups is 1. The monoisotopic (exact) mass is 450 g/mol. The molecule has 1 fully saturated rings. The van der Waals surface area contributed by atoms with E-state index in [2.05, 4.69) is 44.2 Å². The van der Waals surface area contributed by atoms with Crippen LogP contribution in [0.3, 0.4) is 0 Å². The van der Waals surface area contributed by atoms with E-state index in [1.54, 1.807) is 0 Å². The average molecular weight is 451 g/mol. The van der Waals surface area contributed by atoms with Crippen LogP contribution in [-0.2, 0) is 12.8 Å². The molecule has 1 aromatic heterocycles. The van der Waals surface area contributed by atoms with Crippen LogP contribution in [0.5, 0.6) is 0 Å². The Morgan fingerprint density at radius 2 is 1.76 bits per heavy atom. The van der Waals surface area contributed by atoms with Gasteiger partial charge in [-0.2, -0.15) is 4.98 Å². The number of carbonyl (C=O) groups excluding carboxylic acids is 1. The van der Waals surface area contributed by atoms with Gasteiger partial charge >= 0.3 is 6.03 Å². The summed E-state index contributed by atoms with van der Waals surface area (Å²) >= 11 is 0. The maximum absolute atomic E-state index is 12.5. The van der Waals surface area contributed by atoms with Crippen LogP contribution in [0.15, 0.2) is 24.3 Å². The number of fused-ring (bicyclic) bond motifs is 1. The van der Waals surface area contributed by atoms with Gasteiger partial charge in [0, 0.05) is 37.4 Å². The summed E-state index contributed by atoms with van der Waals surface area (Å²) in [5.41, 5.74) is 10.5. The quantitative estimate of drug-likeness (QED) is 0.657. The Morgan fingerprint density at radius 1 is 1.06 bits per heavy atom. The number of carbonyl (C=O) groups is 1. The van der Waals surface area contributed by atoms with Gasteiger partial charge in [-0.05, 0) is 68.9 Å². The highest BCUT2D eigenvalue weighted by molar-refractivity contribution is 5.92. The lowest BCUT2D eigenvalue weighted by Gasteiger charge is -2.37. The van der Waals surface area contributed by atoms with Crippen molar-refractivity contribution in [2.45, 2.75) is 83.2 Å². The summed E-state index contributed by atoms with van der Waals surface area (Å²) in [6.07, 6.45) is 8.22. The third-order valence-electron chi connectivity index (χ3n) is 7.04. The zero-order valence-electron chi connectivity index (χ0n) is 20.5. The molecule has 2 aliphatic rings. The first-order valence-corrected chi connectivity index (χ1v) is 12.4. The number of amides is 2. The highest BCUT2D eigenvalue weighted by Gasteiger charge is 2.31. The number of aromatic nitrogens is 2. The molecule has 1 saturated carbocycles. The third kappa shape index (κ3) is 5.07. The van der Waals surface area contributed by atoms with Crippen LogP contribution in [0.25, 0.3) is 0 Å². The second-order valence-electron chi connectivity index (χ2n) is 9.97. The molecule has 0 atom stereocenters. The zero-order valence-corrected chi connectivity index (χ0v) is 20.5. The second kappa shape index (κ2) is 9.98. The number of rotatable bonds is 6. The van der Waals surface area contributed by atoms with Gasteiger partial charge in [0.05, 0.1) is 5.69 Å². The zero-order chi connectivity index (χ0) is 23.5. The molecule has 0 radical (unpaired) electrons. The summed E-state index contributed by atoms with van der Waals surface area (Å²) in [4.78, 5) is 26.2. The van der Waals surface area contributed by atoms with E-state index in [1.165, 1.54) is 24.1 Å². The van der Waals surface area contributed by atoms with Crippen molar-refractivity contribution in [3.63, 3.8) is 0 Å². The molecular formula is C26H38N6O. The summed E-state index contributed by atoms with van der Waals surface area (Å²) in [5, 5.41) is 3.60. The van der Waals surface area contributed by atoms with E-state index >= 15 is 0 Å². The maximum Gasteiger partial charge on any atom is 0.319 e. The lowest BCUT2D eigenvalue weighted by atomic mass is 9.89. The number of nitrogens with zero attached hydrogens (tertiary/aromatic N) is 4. The van der Waals surface area contributed by atoms with Crippen molar-refractivity contribution in [1.29, 1.82) is 0 Å². The third-order valence-corrected chi connectivity index (χ3v) is 7.04. The van der Waals surface area contributed by atoms with Gasteiger partial charge in [-0.1, -0.05) is 32.0 Å². The van der Waals surface area contributed by atoms with Gasteiger partial charge in [0.2, 0.25) is 5.95 Å². The molecule has 4 rings (SSSR count). The Balaban J connectivity index is 1.47. The molecule has 0 spiro atoms. The van der Waals surface area contributed by atoms with E-state index in [1.807, 2.05) is 23.1 Å². The summed E-state index contributed by atoms with van der Waals surface area (Å²) in [6.45, 7) is 4.30. The fourth-order valence-corrected chi connectivity index (χ4v) is 5.36. The van der Waals surface area contributed by atoms with Gasteiger partial charge in [0.15, 0.2) is 0 Å². The molecule has 7 nitrogen and oxygen atoms in total. The molecule has 1 aromatic carbocycles. The molecule has 0 bridgehead atoms. The van der Waals surface area contributed by atoms with Crippen molar-refractivity contribution >= 4 is 23.5 Å². The number of primary amides is 1. The molecule has 2 aromatic rings. The molecule has 7 heteroatoms. The van der Waals surface area contributed by atoms with E-state index < -0.39 is 0 Å². The minimum absolute atomic E-state index is 0.113. The minimum atomic E-state index is -0.367. The number of hydrogen-bond donors (Lipinski definition) is 2. The molecule has 0 unspecified atom stereocenters. The minimum Gasteiger partial charge on any atom is -0.362 e. The lowest BCUT2D eigenvalue weighted by molar-refractivity contribution is 0.248. The van der Waals surface area contributed by atoms with Crippen LogP contribution >= 0.6 is 0 Å². The average Bonchev–Trinajstić information content (AvgIpc) is 2.80. The highest BCUT2D eigenvalue weighted by atomic mass is 16.2. The van der Waals surface area contributed by atoms with E-state index in [0.29, 0.717) is 12.0 Å². The Bertz CT molecular complexity index is 981. The van der Waals surface area contributed by atoms with Crippen molar-refractivity contribution in [2.24, 2.45) is 5.73 Å². The van der Waals surface area contributed by atoms with Crippen LogP contribution in [0, 0.1) is 0 Å². The van der Waals surface area contributed by atoms with Gasteiger partial charge in [-0.15, -0.1) is 0 Å². The molecular weight excluding hydrogens is 412 g/mol. The lowest BCUT2D eigenvalue weighted by Crippen LogP contribution is -2.47. The first kappa shape index (κ1) is 23.3. The number of para-hydroxylation sites is 1. The van der Waals surface area contributed by atoms with E-state index in [9.17, 15) is 4.79 Å². The number of benzene rings is 1. The number of aryl methyl sites for hydroxylation is 1. The van der Waals surface area contributed by atoms with E-state index in [-0.39, 0.29) is 12.1 Å². The Hall–Kier alpha value is -2.83. The molecule has 3 N–H and O–H groups in total. The predicted octanol–water partition coefficient (Wildman–Crippen LogP) is 4.85. The number of anilines is 3. The molecule has 1 heterocycles. The molecule has 2 amide bonds. The SMILES string of the molecule is CC(C)c1ccccc1N(C(N)=O)[C@H]1CC[C@@H](Nc2nc3c(c(N(C)C)n2)CCCC3)CC1. The smallest absolute Gasteiger partial charge is 0.319 e. The molecule has 33 heavy (non-hydrogen) atoms. The van der Waals surface area contributed by atoms with Crippen LogP contribution in [0.1, 0.15) is 75.1 Å². The van der Waals surface area contributed by atoms with Gasteiger partial charge in [0.1, 0.15) is 5.82 Å². The van der Waals surface area contributed by atoms with Crippen molar-refractivity contribution in [3.8, 4) is 0 Å². The number of hydrogen-bond acceptors (Lipinski definition) is 5. The van der Waals surface area contributed by atoms with Crippen LogP contribution < -0.4 is 20.9 Å². The van der Waals surface area contributed by atoms with Crippen LogP contribution in [-0.4, -0.2) is 42.2 Å². The van der Waals surface area contributed by atoms with Crippen LogP contribution in [0.4, 0.5) is 22.2 Å². The summed E-state index contributed by atoms with van der Waals surface area (Å²) in [6, 6.07) is 8.18. The summed E-state index contributed by atoms with van der Waals surface area (Å²) in [7, 11) is 4.11. The number of nitrogens with two attached hydrogens (primary N) is 1. The standard InChI is InChI=1S/C26H38N6O/c1-17(2)20-9-6-8-12-23(20)32(25(27)33)19-15-13-18(14-16-19)28-26-29-22-11-7-5-10-21(22)24(30-26)31(3)4/h6,8-9,12,17-19H,5,7,10-11,13-16H2,1-4H3,(H2,27,33)(H,28,29,30)/t18-,19+. The highest BCUT2D eigenvalue weighted by Crippen LogP contribution is 2.34. The normalized spacial score (nSPS) is 20.3. The predicted molar refractivity (Wildman–Crippen MR) is 135 cm³/mol. The van der Waals surface area contributed by atoms with Gasteiger partial charge in [0.25, 0.3) is 0 Å². The fraction of sp³-hybridized carbons (Fsp3) is 0.577. The first-order chi connectivity index (χ1) is 15.8. The fourth-order valence-electron chi connectivity index (χ4n) is 5.36. The van der Waals surface area contributed by atoms with Gasteiger partial charge in [-0.3, -0.25) is 4.90 Å². The van der Waals surface area contributed by atoms with Crippen molar-refractivity contribution < 1.29 is 4.79 Å². The van der Waals surface area contributed by atoms with E-state index in [4.69, 9.17) is 15.7 Å². The molecule has 0 aliphatic heterocycles. The Morgan fingerprint density at radius 3 is 2.42 bits per heavy atom. The summed E-state index contributed by atoms with van der Waals surface area (Å²) < 4.78 is 0. The molecule has 2 aliphatic carbocycles. The van der Waals surface area contributed by atoms with Gasteiger partial charge in [-0.25, -0.2) is 9.78 Å². The summed E-state index contributed by atoms with van der Waals surface area (Å²) in [5.74, 6) is 2.11. The Labute approximate surface area is 197 Å². The largest absolute Gasteiger partial charge is 0.362 e. The van der Waals surface area contributed by atoms with E-state index in [0.717, 1.165) is 61.5 Å². The first-order valence-electron chi connectivity index (χ1n) is 12.4. The van der Waals surface area contributed by atoms with Crippen molar-refractivity contribution in [1.82, 2.24) is 9.97 Å².